The van der Waals surface area contributed by atoms with E-state index in [4.69, 9.17) is 4.98 Å². The minimum absolute atomic E-state index is 0.0713. The smallest absolute Gasteiger partial charge is 0.226 e. The molecule has 9 heteroatoms. The molecule has 156 valence electrons. The zero-order chi connectivity index (χ0) is 20.1. The molecule has 2 fully saturated rings. The Morgan fingerprint density at radius 1 is 1.23 bits per heavy atom. The van der Waals surface area contributed by atoms with Gasteiger partial charge in [-0.2, -0.15) is 0 Å². The maximum atomic E-state index is 12.7. The largest absolute Gasteiger partial charge is 0.317 e. The molecule has 0 aromatic carbocycles. The summed E-state index contributed by atoms with van der Waals surface area (Å²) >= 11 is 3.36. The predicted molar refractivity (Wildman–Crippen MR) is 121 cm³/mol. The van der Waals surface area contributed by atoms with Crippen molar-refractivity contribution in [2.75, 3.05) is 31.5 Å². The van der Waals surface area contributed by atoms with Crippen molar-refractivity contribution in [3.05, 3.63) is 28.9 Å². The van der Waals surface area contributed by atoms with E-state index in [0.717, 1.165) is 76.8 Å². The number of fused-ring (bicyclic) bond motifs is 3. The van der Waals surface area contributed by atoms with E-state index in [-0.39, 0.29) is 5.91 Å². The van der Waals surface area contributed by atoms with Crippen molar-refractivity contribution in [3.8, 4) is 10.6 Å². The molecule has 5 heterocycles. The zero-order valence-electron chi connectivity index (χ0n) is 16.5. The van der Waals surface area contributed by atoms with Crippen LogP contribution in [-0.2, 0) is 17.8 Å². The van der Waals surface area contributed by atoms with Gasteiger partial charge in [0.05, 0.1) is 10.9 Å². The number of rotatable bonds is 6. The summed E-state index contributed by atoms with van der Waals surface area (Å²) in [6.45, 7) is 4.78. The van der Waals surface area contributed by atoms with Gasteiger partial charge < -0.3 is 21.3 Å². The Morgan fingerprint density at radius 2 is 2.13 bits per heavy atom. The molecular formula is C21H24N6OS2. The van der Waals surface area contributed by atoms with Crippen molar-refractivity contribution in [3.63, 3.8) is 0 Å². The molecule has 30 heavy (non-hydrogen) atoms. The minimum atomic E-state index is 0.0713. The highest BCUT2D eigenvalue weighted by Crippen LogP contribution is 2.45. The normalized spacial score (nSPS) is 24.6. The Bertz CT molecular complexity index is 1070. The van der Waals surface area contributed by atoms with E-state index in [9.17, 15) is 4.79 Å². The molecule has 0 bridgehead atoms. The van der Waals surface area contributed by atoms with Gasteiger partial charge in [0.25, 0.3) is 0 Å². The molecule has 4 N–H and O–H groups in total. The highest BCUT2D eigenvalue weighted by molar-refractivity contribution is 7.22. The number of anilines is 1. The van der Waals surface area contributed by atoms with Crippen molar-refractivity contribution in [2.24, 2.45) is 11.8 Å². The van der Waals surface area contributed by atoms with Crippen molar-refractivity contribution in [1.29, 1.82) is 0 Å². The van der Waals surface area contributed by atoms with Crippen molar-refractivity contribution < 1.29 is 4.79 Å². The van der Waals surface area contributed by atoms with Gasteiger partial charge in [0.1, 0.15) is 15.5 Å². The van der Waals surface area contributed by atoms with Crippen LogP contribution in [0.15, 0.2) is 18.5 Å². The lowest BCUT2D eigenvalue weighted by atomic mass is 10.0. The second-order valence-electron chi connectivity index (χ2n) is 8.26. The van der Waals surface area contributed by atoms with Gasteiger partial charge in [-0.05, 0) is 49.5 Å². The zero-order valence-corrected chi connectivity index (χ0v) is 18.2. The third-order valence-electron chi connectivity index (χ3n) is 6.41. The first-order chi connectivity index (χ1) is 14.8. The highest BCUT2D eigenvalue weighted by Gasteiger charge is 2.52. The fourth-order valence-electron chi connectivity index (χ4n) is 4.80. The first kappa shape index (κ1) is 18.8. The number of pyridine rings is 1. The van der Waals surface area contributed by atoms with Gasteiger partial charge in [-0.15, -0.1) is 22.7 Å². The number of hydrogen-bond donors (Lipinski definition) is 4. The summed E-state index contributed by atoms with van der Waals surface area (Å²) in [5.74, 6) is 1.61. The number of thiazole rings is 1. The summed E-state index contributed by atoms with van der Waals surface area (Å²) in [6, 6.07) is 2.61. The van der Waals surface area contributed by atoms with Crippen LogP contribution in [0.2, 0.25) is 0 Å². The van der Waals surface area contributed by atoms with Gasteiger partial charge in [0, 0.05) is 42.2 Å². The number of carbonyl (C=O) groups excluding carboxylic acids is 1. The summed E-state index contributed by atoms with van der Waals surface area (Å²) in [5, 5.41) is 15.5. The summed E-state index contributed by atoms with van der Waals surface area (Å²) in [5.41, 5.74) is 3.36. The number of thiophene rings is 1. The van der Waals surface area contributed by atoms with E-state index in [1.165, 1.54) is 10.4 Å². The highest BCUT2D eigenvalue weighted by atomic mass is 32.1. The monoisotopic (exact) mass is 440 g/mol. The van der Waals surface area contributed by atoms with Crippen LogP contribution < -0.4 is 21.3 Å². The number of piperidine rings is 1. The Balaban J connectivity index is 1.21. The van der Waals surface area contributed by atoms with E-state index in [0.29, 0.717) is 12.5 Å². The van der Waals surface area contributed by atoms with Crippen LogP contribution in [-0.4, -0.2) is 48.1 Å². The standard InChI is InChI=1S/C21H24N6OS2/c28-17(3-6-25-19-12-7-24-8-13(12)19)27-21-18(11-1-4-23-10-16(11)30-21)20-26-14-9-22-5-2-15(14)29-20/h2,5,9,12-13,19,23-25H,1,3-4,6-8,10H2,(H,27,28)/t12-,13+,19+. The molecule has 3 atom stereocenters. The molecule has 7 nitrogen and oxygen atoms in total. The maximum Gasteiger partial charge on any atom is 0.226 e. The molecule has 3 aromatic rings. The summed E-state index contributed by atoms with van der Waals surface area (Å²) in [4.78, 5) is 23.1. The molecule has 1 saturated heterocycles. The Hall–Kier alpha value is -1.91. The number of hydrogen-bond acceptors (Lipinski definition) is 8. The van der Waals surface area contributed by atoms with Crippen LogP contribution in [0.3, 0.4) is 0 Å². The Kier molecular flexibility index (Phi) is 4.80. The number of carbonyl (C=O) groups is 1. The van der Waals surface area contributed by atoms with Gasteiger partial charge in [0.2, 0.25) is 5.91 Å². The average Bonchev–Trinajstić information content (AvgIpc) is 3.18. The Labute approximate surface area is 182 Å². The van der Waals surface area contributed by atoms with Gasteiger partial charge in [0.15, 0.2) is 0 Å². The molecule has 2 aliphatic heterocycles. The van der Waals surface area contributed by atoms with Crippen LogP contribution in [0, 0.1) is 11.8 Å². The summed E-state index contributed by atoms with van der Waals surface area (Å²) in [6.07, 6.45) is 5.07. The van der Waals surface area contributed by atoms with Gasteiger partial charge in [-0.25, -0.2) is 4.98 Å². The first-order valence-electron chi connectivity index (χ1n) is 10.6. The van der Waals surface area contributed by atoms with E-state index in [2.05, 4.69) is 26.3 Å². The molecule has 1 aliphatic carbocycles. The SMILES string of the molecule is O=C(CCN[C@H]1[C@@H]2CNC[C@@H]21)Nc1sc2c(c1-c1nc3cnccc3s1)CCNC2. The lowest BCUT2D eigenvalue weighted by molar-refractivity contribution is -0.116. The molecule has 1 saturated carbocycles. The molecule has 0 unspecified atom stereocenters. The number of amides is 1. The average molecular weight is 441 g/mol. The number of nitrogens with one attached hydrogen (secondary N) is 4. The molecule has 0 spiro atoms. The van der Waals surface area contributed by atoms with Crippen LogP contribution in [0.25, 0.3) is 20.8 Å². The number of aromatic nitrogens is 2. The quantitative estimate of drug-likeness (QED) is 0.470. The van der Waals surface area contributed by atoms with Crippen molar-refractivity contribution >= 4 is 43.8 Å². The van der Waals surface area contributed by atoms with E-state index < -0.39 is 0 Å². The minimum Gasteiger partial charge on any atom is -0.317 e. The fraction of sp³-hybridized carbons (Fsp3) is 0.476. The van der Waals surface area contributed by atoms with Crippen molar-refractivity contribution in [1.82, 2.24) is 25.9 Å². The molecular weight excluding hydrogens is 416 g/mol. The van der Waals surface area contributed by atoms with Crippen LogP contribution >= 0.6 is 22.7 Å². The topological polar surface area (TPSA) is 91.0 Å². The predicted octanol–water partition coefficient (Wildman–Crippen LogP) is 2.20. The Morgan fingerprint density at radius 3 is 3.00 bits per heavy atom. The van der Waals surface area contributed by atoms with Gasteiger partial charge >= 0.3 is 0 Å². The van der Waals surface area contributed by atoms with Crippen LogP contribution in [0.5, 0.6) is 0 Å². The lowest BCUT2D eigenvalue weighted by Gasteiger charge is -2.13. The van der Waals surface area contributed by atoms with Gasteiger partial charge in [-0.1, -0.05) is 0 Å². The third kappa shape index (κ3) is 3.34. The van der Waals surface area contributed by atoms with Gasteiger partial charge in [-0.3, -0.25) is 9.78 Å². The van der Waals surface area contributed by atoms with E-state index in [1.807, 2.05) is 12.3 Å². The second kappa shape index (κ2) is 7.65. The third-order valence-corrected chi connectivity index (χ3v) is 8.61. The number of nitrogens with zero attached hydrogens (tertiary/aromatic N) is 2. The lowest BCUT2D eigenvalue weighted by Crippen LogP contribution is -2.30. The summed E-state index contributed by atoms with van der Waals surface area (Å²) < 4.78 is 1.12. The van der Waals surface area contributed by atoms with Crippen LogP contribution in [0.1, 0.15) is 16.9 Å². The van der Waals surface area contributed by atoms with Crippen molar-refractivity contribution in [2.45, 2.75) is 25.4 Å². The maximum absolute atomic E-state index is 12.7. The first-order valence-corrected chi connectivity index (χ1v) is 12.2. The molecule has 1 amide bonds. The second-order valence-corrected chi connectivity index (χ2v) is 10.4. The fourth-order valence-corrected chi connectivity index (χ4v) is 7.11. The van der Waals surface area contributed by atoms with E-state index in [1.54, 1.807) is 28.9 Å². The molecule has 3 aliphatic rings. The molecule has 0 radical (unpaired) electrons. The molecule has 6 rings (SSSR count). The van der Waals surface area contributed by atoms with E-state index >= 15 is 0 Å². The van der Waals surface area contributed by atoms with Crippen LogP contribution in [0.4, 0.5) is 5.00 Å². The summed E-state index contributed by atoms with van der Waals surface area (Å²) in [7, 11) is 0. The molecule has 3 aromatic heterocycles.